The van der Waals surface area contributed by atoms with E-state index in [0.717, 1.165) is 0 Å². The third-order valence-electron chi connectivity index (χ3n) is 2.06. The van der Waals surface area contributed by atoms with Gasteiger partial charge in [-0.3, -0.25) is 4.79 Å². The summed E-state index contributed by atoms with van der Waals surface area (Å²) in [4.78, 5) is 21.0. The lowest BCUT2D eigenvalue weighted by molar-refractivity contribution is -0.129. The molecule has 100 valence electrons. The van der Waals surface area contributed by atoms with Gasteiger partial charge in [-0.15, -0.1) is 0 Å². The molecule has 0 atom stereocenters. The zero-order valence-corrected chi connectivity index (χ0v) is 10.9. The highest BCUT2D eigenvalue weighted by Crippen LogP contribution is 2.22. The monoisotopic (exact) mass is 295 g/mol. The summed E-state index contributed by atoms with van der Waals surface area (Å²) in [6.45, 7) is 2.41. The molecule has 0 fully saturated rings. The maximum Gasteiger partial charge on any atom is 0.355 e. The molecule has 1 heterocycles. The van der Waals surface area contributed by atoms with Gasteiger partial charge >= 0.3 is 5.97 Å². The number of carbonyl (C=O) groups is 2. The SMILES string of the molecule is CC(C)S(=O)(=O)C(=O)C1=CC(C(=O)O)=NS1(=O)=O. The number of nitrogens with zero attached hydrogens (tertiary/aromatic N) is 1. The second-order valence-electron chi connectivity index (χ2n) is 3.65. The Kier molecular flexibility index (Phi) is 3.45. The summed E-state index contributed by atoms with van der Waals surface area (Å²) in [5, 5.41) is 5.80. The molecular formula is C8H9NO7S2. The predicted octanol–water partition coefficient (Wildman–Crippen LogP) is -0.911. The molecule has 0 radical (unpaired) electrons. The number of sulfonamides is 1. The molecule has 0 unspecified atom stereocenters. The van der Waals surface area contributed by atoms with E-state index in [4.69, 9.17) is 5.11 Å². The average Bonchev–Trinajstić information content (AvgIpc) is 2.52. The van der Waals surface area contributed by atoms with Crippen molar-refractivity contribution in [3.05, 3.63) is 11.0 Å². The fraction of sp³-hybridized carbons (Fsp3) is 0.375. The molecule has 8 nitrogen and oxygen atoms in total. The molecular weight excluding hydrogens is 286 g/mol. The number of aliphatic carboxylic acids is 1. The van der Waals surface area contributed by atoms with Crippen LogP contribution in [0.15, 0.2) is 15.4 Å². The van der Waals surface area contributed by atoms with Crippen LogP contribution < -0.4 is 0 Å². The van der Waals surface area contributed by atoms with Gasteiger partial charge in [-0.1, -0.05) is 0 Å². The van der Waals surface area contributed by atoms with Crippen LogP contribution in [0.4, 0.5) is 0 Å². The minimum atomic E-state index is -4.56. The average molecular weight is 295 g/mol. The van der Waals surface area contributed by atoms with Crippen molar-refractivity contribution in [3.8, 4) is 0 Å². The van der Waals surface area contributed by atoms with Gasteiger partial charge in [0, 0.05) is 0 Å². The first-order valence-electron chi connectivity index (χ1n) is 4.58. The van der Waals surface area contributed by atoms with E-state index in [1.807, 2.05) is 0 Å². The lowest BCUT2D eigenvalue weighted by atomic mass is 10.3. The van der Waals surface area contributed by atoms with Crippen LogP contribution in [-0.2, 0) is 29.4 Å². The molecule has 10 heteroatoms. The van der Waals surface area contributed by atoms with E-state index in [-0.39, 0.29) is 0 Å². The van der Waals surface area contributed by atoms with Crippen LogP contribution in [0.5, 0.6) is 0 Å². The molecule has 0 spiro atoms. The van der Waals surface area contributed by atoms with Gasteiger partial charge in [0.2, 0.25) is 9.84 Å². The van der Waals surface area contributed by atoms with E-state index in [9.17, 15) is 26.4 Å². The minimum absolute atomic E-state index is 0.444. The van der Waals surface area contributed by atoms with E-state index < -0.39 is 46.8 Å². The lowest BCUT2D eigenvalue weighted by Crippen LogP contribution is -2.27. The Balaban J connectivity index is 3.36. The maximum absolute atomic E-state index is 11.6. The Hall–Kier alpha value is -1.55. The summed E-state index contributed by atoms with van der Waals surface area (Å²) >= 11 is 0. The highest BCUT2D eigenvalue weighted by Gasteiger charge is 2.40. The molecule has 1 rings (SSSR count). The number of sulfone groups is 1. The standard InChI is InChI=1S/C8H9NO7S2/c1-4(2)17(13,14)8(12)6-3-5(7(10)11)9-18(6,15)16/h3-4H,1-2H3,(H,10,11). The van der Waals surface area contributed by atoms with Crippen molar-refractivity contribution in [2.75, 3.05) is 0 Å². The van der Waals surface area contributed by atoms with Crippen molar-refractivity contribution in [2.45, 2.75) is 19.1 Å². The van der Waals surface area contributed by atoms with E-state index in [0.29, 0.717) is 6.08 Å². The molecule has 1 aliphatic heterocycles. The summed E-state index contributed by atoms with van der Waals surface area (Å²) in [5.41, 5.74) is -0.891. The van der Waals surface area contributed by atoms with Crippen molar-refractivity contribution < 1.29 is 31.5 Å². The van der Waals surface area contributed by atoms with Gasteiger partial charge in [0.15, 0.2) is 10.6 Å². The number of carboxylic acids is 1. The first-order valence-corrected chi connectivity index (χ1v) is 7.57. The van der Waals surface area contributed by atoms with Crippen molar-refractivity contribution >= 4 is 36.7 Å². The van der Waals surface area contributed by atoms with E-state index in [1.54, 1.807) is 0 Å². The van der Waals surface area contributed by atoms with E-state index >= 15 is 0 Å². The Morgan fingerprint density at radius 1 is 1.33 bits per heavy atom. The molecule has 0 aromatic heterocycles. The third kappa shape index (κ3) is 2.34. The van der Waals surface area contributed by atoms with Gasteiger partial charge in [0.1, 0.15) is 0 Å². The first-order chi connectivity index (χ1) is 8.00. The quantitative estimate of drug-likeness (QED) is 0.711. The molecule has 1 aliphatic rings. The largest absolute Gasteiger partial charge is 0.476 e. The summed E-state index contributed by atoms with van der Waals surface area (Å²) in [6, 6.07) is 0. The van der Waals surface area contributed by atoms with Gasteiger partial charge in [0.05, 0.1) is 5.25 Å². The van der Waals surface area contributed by atoms with Crippen LogP contribution in [0, 0.1) is 0 Å². The molecule has 0 aromatic rings. The second kappa shape index (κ2) is 4.28. The highest BCUT2D eigenvalue weighted by molar-refractivity contribution is 8.10. The molecule has 0 saturated heterocycles. The van der Waals surface area contributed by atoms with Crippen LogP contribution in [0.3, 0.4) is 0 Å². The van der Waals surface area contributed by atoms with Crippen molar-refractivity contribution in [3.63, 3.8) is 0 Å². The Bertz CT molecular complexity index is 679. The van der Waals surface area contributed by atoms with Crippen molar-refractivity contribution in [1.82, 2.24) is 0 Å². The van der Waals surface area contributed by atoms with E-state index in [2.05, 4.69) is 4.40 Å². The smallest absolute Gasteiger partial charge is 0.355 e. The number of carboxylic acid groups (broad SMARTS) is 1. The minimum Gasteiger partial charge on any atom is -0.476 e. The topological polar surface area (TPSA) is 135 Å². The predicted molar refractivity (Wildman–Crippen MR) is 61.1 cm³/mol. The highest BCUT2D eigenvalue weighted by atomic mass is 32.2. The molecule has 0 saturated carbocycles. The summed E-state index contributed by atoms with van der Waals surface area (Å²) in [6.07, 6.45) is 0.444. The summed E-state index contributed by atoms with van der Waals surface area (Å²) < 4.78 is 48.6. The van der Waals surface area contributed by atoms with Crippen LogP contribution in [-0.4, -0.2) is 44.0 Å². The third-order valence-corrected chi connectivity index (χ3v) is 5.47. The van der Waals surface area contributed by atoms with Gasteiger partial charge in [0.25, 0.3) is 15.1 Å². The fourth-order valence-electron chi connectivity index (χ4n) is 1.02. The lowest BCUT2D eigenvalue weighted by Gasteiger charge is -2.05. The molecule has 0 bridgehead atoms. The van der Waals surface area contributed by atoms with E-state index in [1.165, 1.54) is 13.8 Å². The number of hydrogen-bond donors (Lipinski definition) is 1. The Morgan fingerprint density at radius 2 is 1.83 bits per heavy atom. The number of carbonyl (C=O) groups excluding carboxylic acids is 1. The normalized spacial score (nSPS) is 18.4. The summed E-state index contributed by atoms with van der Waals surface area (Å²) in [7, 11) is -8.89. The van der Waals surface area contributed by atoms with Gasteiger partial charge in [-0.05, 0) is 19.9 Å². The molecule has 0 aliphatic carbocycles. The van der Waals surface area contributed by atoms with Crippen LogP contribution in [0.25, 0.3) is 0 Å². The van der Waals surface area contributed by atoms with Crippen molar-refractivity contribution in [1.29, 1.82) is 0 Å². The second-order valence-corrected chi connectivity index (χ2v) is 7.62. The van der Waals surface area contributed by atoms with Crippen LogP contribution in [0.1, 0.15) is 13.8 Å². The van der Waals surface area contributed by atoms with Gasteiger partial charge < -0.3 is 5.11 Å². The number of hydrogen-bond acceptors (Lipinski definition) is 6. The van der Waals surface area contributed by atoms with Gasteiger partial charge in [-0.25, -0.2) is 13.2 Å². The fourth-order valence-corrected chi connectivity index (χ4v) is 3.41. The maximum atomic E-state index is 11.6. The molecule has 1 N–H and O–H groups in total. The molecule has 18 heavy (non-hydrogen) atoms. The Labute approximate surface area is 103 Å². The molecule has 0 aromatic carbocycles. The van der Waals surface area contributed by atoms with Gasteiger partial charge in [-0.2, -0.15) is 12.8 Å². The first kappa shape index (κ1) is 14.5. The zero-order valence-electron chi connectivity index (χ0n) is 9.32. The van der Waals surface area contributed by atoms with Crippen LogP contribution >= 0.6 is 0 Å². The Morgan fingerprint density at radius 3 is 2.17 bits per heavy atom. The number of rotatable bonds is 3. The zero-order chi connectivity index (χ0) is 14.3. The molecule has 0 amide bonds. The summed E-state index contributed by atoms with van der Waals surface area (Å²) in [5.74, 6) is -1.66. The van der Waals surface area contributed by atoms with Crippen LogP contribution in [0.2, 0.25) is 0 Å². The van der Waals surface area contributed by atoms with Crippen molar-refractivity contribution in [2.24, 2.45) is 4.40 Å².